The molecule has 1 unspecified atom stereocenters. The number of hydrogen-bond donors (Lipinski definition) is 3. The Bertz CT molecular complexity index is 1230. The average molecular weight is 540 g/mol. The number of para-hydroxylation sites is 1. The van der Waals surface area contributed by atoms with Crippen LogP contribution in [0.25, 0.3) is 5.70 Å². The summed E-state index contributed by atoms with van der Waals surface area (Å²) in [4.78, 5) is 26.0. The molecule has 2 aromatic rings. The molecule has 2 aromatic carbocycles. The minimum atomic E-state index is -4.86. The Morgan fingerprint density at radius 3 is 2.17 bits per heavy atom. The van der Waals surface area contributed by atoms with Crippen molar-refractivity contribution >= 4 is 52.3 Å². The number of amides is 1. The van der Waals surface area contributed by atoms with E-state index in [-0.39, 0.29) is 21.8 Å². The molecule has 0 aromatic heterocycles. The lowest BCUT2D eigenvalue weighted by molar-refractivity contribution is -0.143. The highest BCUT2D eigenvalue weighted by molar-refractivity contribution is 8.02. The lowest BCUT2D eigenvalue weighted by atomic mass is 9.99. The first-order chi connectivity index (χ1) is 16.5. The van der Waals surface area contributed by atoms with Crippen LogP contribution in [-0.2, 0) is 4.79 Å². The Hall–Kier alpha value is -2.98. The van der Waals surface area contributed by atoms with E-state index in [1.165, 1.54) is 40.9 Å². The normalized spacial score (nSPS) is 19.2. The molecule has 11 heteroatoms. The van der Waals surface area contributed by atoms with E-state index < -0.39 is 39.4 Å². The second-order valence-corrected chi connectivity index (χ2v) is 11.9. The number of thioether (sulfide) groups is 1. The van der Waals surface area contributed by atoms with Gasteiger partial charge in [-0.2, -0.15) is 13.2 Å². The summed E-state index contributed by atoms with van der Waals surface area (Å²) in [7, 11) is 0. The zero-order valence-electron chi connectivity index (χ0n) is 19.9. The van der Waals surface area contributed by atoms with Gasteiger partial charge in [0.25, 0.3) is 5.91 Å². The molecule has 1 atom stereocenters. The molecule has 0 saturated carbocycles. The van der Waals surface area contributed by atoms with Crippen LogP contribution < -0.4 is 5.32 Å². The van der Waals surface area contributed by atoms with Crippen LogP contribution in [0.3, 0.4) is 0 Å². The van der Waals surface area contributed by atoms with Gasteiger partial charge in [0.2, 0.25) is 0 Å². The molecule has 1 fully saturated rings. The Labute approximate surface area is 216 Å². The molecule has 3 rings (SSSR count). The van der Waals surface area contributed by atoms with Crippen molar-refractivity contribution in [2.45, 2.75) is 49.5 Å². The number of nitrogens with one attached hydrogen (secondary N) is 2. The van der Waals surface area contributed by atoms with Crippen molar-refractivity contribution in [1.29, 1.82) is 5.41 Å². The van der Waals surface area contributed by atoms with Crippen molar-refractivity contribution in [3.63, 3.8) is 0 Å². The molecular weight excluding hydrogens is 515 g/mol. The molecule has 0 radical (unpaired) electrons. The largest absolute Gasteiger partial charge is 0.480 e. The number of aliphatic carboxylic acids is 1. The summed E-state index contributed by atoms with van der Waals surface area (Å²) in [6, 6.07) is 11.1. The van der Waals surface area contributed by atoms with Gasteiger partial charge in [-0.25, -0.2) is 4.79 Å². The quantitative estimate of drug-likeness (QED) is 0.363. The van der Waals surface area contributed by atoms with Crippen molar-refractivity contribution in [3.8, 4) is 0 Å². The maximum Gasteiger partial charge on any atom is 0.432 e. The fraction of sp³-hybridized carbons (Fsp3) is 0.320. The molecular formula is C25H25ClF3N3O3S. The van der Waals surface area contributed by atoms with E-state index in [0.717, 1.165) is 0 Å². The topological polar surface area (TPSA) is 93.5 Å². The summed E-state index contributed by atoms with van der Waals surface area (Å²) >= 11 is 7.52. The number of halogens is 4. The first-order valence-corrected chi connectivity index (χ1v) is 12.0. The number of rotatable bonds is 6. The van der Waals surface area contributed by atoms with Crippen LogP contribution in [0.4, 0.5) is 18.9 Å². The van der Waals surface area contributed by atoms with Crippen molar-refractivity contribution in [2.75, 3.05) is 5.32 Å². The van der Waals surface area contributed by atoms with Crippen molar-refractivity contribution in [1.82, 2.24) is 4.90 Å². The second kappa shape index (κ2) is 9.82. The van der Waals surface area contributed by atoms with Gasteiger partial charge in [-0.3, -0.25) is 10.2 Å². The first-order valence-electron chi connectivity index (χ1n) is 10.8. The second-order valence-electron chi connectivity index (χ2n) is 9.22. The highest BCUT2D eigenvalue weighted by Gasteiger charge is 2.57. The number of carboxylic acid groups (broad SMARTS) is 1. The predicted molar refractivity (Wildman–Crippen MR) is 137 cm³/mol. The number of carboxylic acids is 1. The number of allylic oxidation sites excluding steroid dienone is 1. The molecule has 192 valence electrons. The molecule has 1 heterocycles. The Morgan fingerprint density at radius 1 is 1.08 bits per heavy atom. The van der Waals surface area contributed by atoms with E-state index in [4.69, 9.17) is 17.0 Å². The summed E-state index contributed by atoms with van der Waals surface area (Å²) in [5, 5.41) is 20.3. The van der Waals surface area contributed by atoms with Gasteiger partial charge in [-0.1, -0.05) is 35.9 Å². The number of benzene rings is 2. The van der Waals surface area contributed by atoms with Crippen LogP contribution in [0, 0.1) is 5.41 Å². The molecule has 0 bridgehead atoms. The highest BCUT2D eigenvalue weighted by atomic mass is 35.5. The molecule has 1 amide bonds. The Kier molecular flexibility index (Phi) is 7.53. The first kappa shape index (κ1) is 27.6. The highest BCUT2D eigenvalue weighted by Crippen LogP contribution is 2.51. The minimum absolute atomic E-state index is 0.0500. The number of hydrogen-bond acceptors (Lipinski definition) is 5. The van der Waals surface area contributed by atoms with Crippen LogP contribution in [0.1, 0.15) is 43.6 Å². The fourth-order valence-corrected chi connectivity index (χ4v) is 6.27. The van der Waals surface area contributed by atoms with Gasteiger partial charge in [0.05, 0.1) is 15.6 Å². The standard InChI is InChI=1S/C25H25ClF3N3O3S/c1-23(2)20(22(34)35)32(24(3,4)36-23)21(33)15-11-9-14(10-12-15)18(13-19(30)25(27,28)29)31-17-8-6-5-7-16(17)26/h5-13,20,30-31H,1-4H3,(H,34,35)/b18-13-,30-19?. The van der Waals surface area contributed by atoms with Crippen molar-refractivity contribution in [3.05, 3.63) is 70.8 Å². The fourth-order valence-electron chi connectivity index (χ4n) is 4.20. The molecule has 1 aliphatic rings. The summed E-state index contributed by atoms with van der Waals surface area (Å²) in [6.45, 7) is 7.07. The number of alkyl halides is 3. The predicted octanol–water partition coefficient (Wildman–Crippen LogP) is 6.53. The SMILES string of the molecule is CC1(C)SC(C)(C)N(C(=O)c2ccc(/C(=C/C(=N)C(F)(F)F)Nc3ccccc3Cl)cc2)C1C(=O)O. The van der Waals surface area contributed by atoms with Crippen molar-refractivity contribution < 1.29 is 27.9 Å². The number of anilines is 1. The lowest BCUT2D eigenvalue weighted by Crippen LogP contribution is -2.53. The van der Waals surface area contributed by atoms with Gasteiger partial charge in [0, 0.05) is 16.0 Å². The smallest absolute Gasteiger partial charge is 0.432 e. The van der Waals surface area contributed by atoms with E-state index in [9.17, 15) is 27.9 Å². The van der Waals surface area contributed by atoms with Crippen molar-refractivity contribution in [2.24, 2.45) is 0 Å². The van der Waals surface area contributed by atoms with Crippen LogP contribution in [0.2, 0.25) is 5.02 Å². The zero-order chi connectivity index (χ0) is 27.1. The van der Waals surface area contributed by atoms with Gasteiger partial charge in [-0.15, -0.1) is 11.8 Å². The van der Waals surface area contributed by atoms with Gasteiger partial charge in [-0.05, 0) is 63.6 Å². The van der Waals surface area contributed by atoms with Gasteiger partial charge in [0.15, 0.2) is 0 Å². The maximum atomic E-state index is 13.4. The third kappa shape index (κ3) is 5.70. The zero-order valence-corrected chi connectivity index (χ0v) is 21.5. The molecule has 6 nitrogen and oxygen atoms in total. The number of carbonyl (C=O) groups is 2. The summed E-state index contributed by atoms with van der Waals surface area (Å²) in [5.41, 5.74) is -0.835. The Balaban J connectivity index is 1.99. The molecule has 0 spiro atoms. The molecule has 36 heavy (non-hydrogen) atoms. The molecule has 1 saturated heterocycles. The van der Waals surface area contributed by atoms with Crippen LogP contribution in [-0.4, -0.2) is 49.4 Å². The average Bonchev–Trinajstić information content (AvgIpc) is 2.96. The van der Waals surface area contributed by atoms with E-state index in [1.807, 2.05) is 0 Å². The molecule has 1 aliphatic heterocycles. The van der Waals surface area contributed by atoms with Crippen LogP contribution in [0.15, 0.2) is 54.6 Å². The number of carbonyl (C=O) groups excluding carboxylic acids is 1. The lowest BCUT2D eigenvalue weighted by Gasteiger charge is -2.33. The van der Waals surface area contributed by atoms with Gasteiger partial charge < -0.3 is 15.3 Å². The van der Waals surface area contributed by atoms with E-state index in [2.05, 4.69) is 5.32 Å². The third-order valence-corrected chi connectivity index (χ3v) is 7.42. The minimum Gasteiger partial charge on any atom is -0.480 e. The van der Waals surface area contributed by atoms with E-state index in [0.29, 0.717) is 11.8 Å². The summed E-state index contributed by atoms with van der Waals surface area (Å²) < 4.78 is 38.6. The molecule has 0 aliphatic carbocycles. The third-order valence-electron chi connectivity index (χ3n) is 5.64. The van der Waals surface area contributed by atoms with Gasteiger partial charge >= 0.3 is 12.1 Å². The van der Waals surface area contributed by atoms with E-state index in [1.54, 1.807) is 52.0 Å². The number of nitrogens with zero attached hydrogens (tertiary/aromatic N) is 1. The summed E-state index contributed by atoms with van der Waals surface area (Å²) in [6.07, 6.45) is -4.22. The molecule has 3 N–H and O–H groups in total. The summed E-state index contributed by atoms with van der Waals surface area (Å²) in [5.74, 6) is -1.63. The Morgan fingerprint density at radius 2 is 1.64 bits per heavy atom. The monoisotopic (exact) mass is 539 g/mol. The van der Waals surface area contributed by atoms with Gasteiger partial charge in [0.1, 0.15) is 11.8 Å². The maximum absolute atomic E-state index is 13.4. The van der Waals surface area contributed by atoms with Crippen LogP contribution in [0.5, 0.6) is 0 Å². The van der Waals surface area contributed by atoms with Crippen LogP contribution >= 0.6 is 23.4 Å². The van der Waals surface area contributed by atoms with E-state index >= 15 is 0 Å².